The first kappa shape index (κ1) is 32.7. The third-order valence-electron chi connectivity index (χ3n) is 7.61. The molecule has 6 aromatic rings. The van der Waals surface area contributed by atoms with E-state index in [1.54, 1.807) is 22.7 Å². The number of hydrogen-bond acceptors (Lipinski definition) is 10. The van der Waals surface area contributed by atoms with Crippen LogP contribution in [-0.4, -0.2) is 37.2 Å². The van der Waals surface area contributed by atoms with Gasteiger partial charge in [0.25, 0.3) is 0 Å². The Balaban J connectivity index is 0.000000149. The van der Waals surface area contributed by atoms with Crippen molar-refractivity contribution in [2.24, 2.45) is 4.30 Å². The Labute approximate surface area is 290 Å². The predicted molar refractivity (Wildman–Crippen MR) is 188 cm³/mol. The van der Waals surface area contributed by atoms with Crippen LogP contribution < -0.4 is 0 Å². The van der Waals surface area contributed by atoms with Crippen molar-refractivity contribution in [1.82, 2.24) is 29.5 Å². The molecule has 0 spiro atoms. The topological polar surface area (TPSA) is 92.2 Å². The number of hydrogen-bond donors (Lipinski definition) is 1. The molecule has 2 aromatic carbocycles. The van der Waals surface area contributed by atoms with Gasteiger partial charge in [-0.1, -0.05) is 60.7 Å². The van der Waals surface area contributed by atoms with Gasteiger partial charge in [0.15, 0.2) is 11.6 Å². The zero-order valence-corrected chi connectivity index (χ0v) is 29.4. The van der Waals surface area contributed by atoms with Crippen molar-refractivity contribution in [2.75, 3.05) is 0 Å². The second kappa shape index (κ2) is 15.1. The number of fused-ring (bicyclic) bond motifs is 6. The quantitative estimate of drug-likeness (QED) is 0.150. The van der Waals surface area contributed by atoms with Crippen LogP contribution in [0.2, 0.25) is 0 Å². The Morgan fingerprint density at radius 1 is 0.783 bits per heavy atom. The summed E-state index contributed by atoms with van der Waals surface area (Å²) >= 11 is 10.4. The van der Waals surface area contributed by atoms with Gasteiger partial charge in [-0.25, -0.2) is 0 Å². The molecular weight excluding hydrogens is 701 g/mol. The Morgan fingerprint density at radius 2 is 1.30 bits per heavy atom. The fraction of sp³-hybridized carbons (Fsp3) is 0.250. The average molecular weight is 732 g/mol. The van der Waals surface area contributed by atoms with Crippen molar-refractivity contribution >= 4 is 59.1 Å². The van der Waals surface area contributed by atoms with Crippen LogP contribution in [0.5, 0.6) is 0 Å². The van der Waals surface area contributed by atoms with Crippen LogP contribution in [-0.2, 0) is 48.7 Å². The molecule has 0 aliphatic carbocycles. The van der Waals surface area contributed by atoms with Gasteiger partial charge >= 0.3 is 24.8 Å². The van der Waals surface area contributed by atoms with Crippen molar-refractivity contribution in [3.63, 3.8) is 0 Å². The Hall–Kier alpha value is -3.27. The maximum atomic E-state index is 5.81. The van der Waals surface area contributed by atoms with Crippen LogP contribution in [0.15, 0.2) is 74.1 Å². The number of aryl methyl sites for hydroxylation is 2. The summed E-state index contributed by atoms with van der Waals surface area (Å²) in [5.41, 5.74) is 7.76. The number of halogens is 1. The second-order valence-electron chi connectivity index (χ2n) is 10.6. The van der Waals surface area contributed by atoms with E-state index in [1.165, 1.54) is 43.4 Å². The first-order valence-electron chi connectivity index (χ1n) is 14.5. The van der Waals surface area contributed by atoms with Gasteiger partial charge < -0.3 is 9.47 Å². The number of aromatic nitrogens is 6. The molecule has 46 heavy (non-hydrogen) atoms. The van der Waals surface area contributed by atoms with Crippen LogP contribution in [0.1, 0.15) is 56.7 Å². The van der Waals surface area contributed by atoms with Crippen LogP contribution >= 0.6 is 51.4 Å². The molecular formula is C32H30BBrN7O2S3. The molecule has 14 heteroatoms. The SMILES string of the molecule is Cc1nnc2n1-c1sc(Br)c(Cc3ccccc3)c1COC2.Cc1nnc2n1-c1scc(Cc3ccccc3)c1COC2.[B]=NS. The molecule has 0 N–H and O–H groups in total. The minimum absolute atomic E-state index is 0.505. The van der Waals surface area contributed by atoms with Crippen LogP contribution in [0.25, 0.3) is 10.0 Å². The summed E-state index contributed by atoms with van der Waals surface area (Å²) in [5, 5.41) is 21.4. The van der Waals surface area contributed by atoms with Crippen molar-refractivity contribution in [1.29, 1.82) is 0 Å². The first-order valence-corrected chi connectivity index (χ1v) is 17.4. The molecule has 8 rings (SSSR count). The van der Waals surface area contributed by atoms with Crippen LogP contribution in [0, 0.1) is 13.8 Å². The molecule has 0 amide bonds. The van der Waals surface area contributed by atoms with E-state index in [-0.39, 0.29) is 0 Å². The molecule has 0 atom stereocenters. The molecule has 2 aliphatic heterocycles. The van der Waals surface area contributed by atoms with Crippen molar-refractivity contribution in [3.8, 4) is 10.0 Å². The number of nitrogens with zero attached hydrogens (tertiary/aromatic N) is 7. The Kier molecular flexibility index (Phi) is 10.7. The summed E-state index contributed by atoms with van der Waals surface area (Å²) in [6, 6.07) is 21.1. The molecule has 1 radical (unpaired) electrons. The molecule has 2 aliphatic rings. The van der Waals surface area contributed by atoms with Gasteiger partial charge in [-0.05, 0) is 70.3 Å². The second-order valence-corrected chi connectivity index (χ2v) is 14.0. The van der Waals surface area contributed by atoms with E-state index in [2.05, 4.69) is 124 Å². The molecule has 0 fully saturated rings. The van der Waals surface area contributed by atoms with E-state index in [1.807, 2.05) is 26.0 Å². The van der Waals surface area contributed by atoms with E-state index in [9.17, 15) is 0 Å². The van der Waals surface area contributed by atoms with Gasteiger partial charge in [0.05, 0.1) is 17.0 Å². The Bertz CT molecular complexity index is 1940. The van der Waals surface area contributed by atoms with Gasteiger partial charge in [0.2, 0.25) is 0 Å². The number of thiophene rings is 2. The summed E-state index contributed by atoms with van der Waals surface area (Å²) < 4.78 is 19.7. The van der Waals surface area contributed by atoms with Crippen molar-refractivity contribution in [2.45, 2.75) is 53.1 Å². The average Bonchev–Trinajstić information content (AvgIpc) is 3.74. The summed E-state index contributed by atoms with van der Waals surface area (Å²) in [7, 11) is 4.34. The van der Waals surface area contributed by atoms with Crippen molar-refractivity contribution < 1.29 is 9.47 Å². The summed E-state index contributed by atoms with van der Waals surface area (Å²) in [4.78, 5) is 0. The molecule has 0 saturated carbocycles. The summed E-state index contributed by atoms with van der Waals surface area (Å²) in [6.45, 7) is 6.25. The molecule has 4 aromatic heterocycles. The number of ether oxygens (including phenoxy) is 2. The normalized spacial score (nSPS) is 12.9. The number of rotatable bonds is 4. The Morgan fingerprint density at radius 3 is 1.89 bits per heavy atom. The zero-order chi connectivity index (χ0) is 32.0. The van der Waals surface area contributed by atoms with E-state index in [4.69, 9.17) is 9.47 Å². The summed E-state index contributed by atoms with van der Waals surface area (Å²) in [5.74, 6) is 3.59. The number of thiol groups is 1. The summed E-state index contributed by atoms with van der Waals surface area (Å²) in [6.07, 6.45) is 1.83. The third-order valence-corrected chi connectivity index (χ3v) is 10.7. The van der Waals surface area contributed by atoms with Gasteiger partial charge in [-0.2, -0.15) is 0 Å². The van der Waals surface area contributed by atoms with E-state index in [0.29, 0.717) is 26.4 Å². The molecule has 6 heterocycles. The van der Waals surface area contributed by atoms with Gasteiger partial charge in [0.1, 0.15) is 34.9 Å². The van der Waals surface area contributed by atoms with Gasteiger partial charge in [0, 0.05) is 11.1 Å². The minimum atomic E-state index is 0.505. The standard InChI is InChI=1S/C16H14BrN3OS.C16H15N3OS.BHNS/c1-10-18-19-14-9-21-8-13-12(7-11-5-3-2-4-6-11)15(17)22-16(13)20(10)14;1-11-17-18-15-9-20-8-14-13(10-21-16(14)19(11)15)7-12-5-3-2-4-6-12;1-2-3/h2-6H,7-9H2,1H3;2-6,10H,7-9H2,1H3;3H. The van der Waals surface area contributed by atoms with Crippen LogP contribution in [0.3, 0.4) is 0 Å². The molecule has 0 saturated heterocycles. The van der Waals surface area contributed by atoms with Gasteiger partial charge in [-0.3, -0.25) is 9.13 Å². The van der Waals surface area contributed by atoms with E-state index < -0.39 is 0 Å². The maximum absolute atomic E-state index is 5.81. The van der Waals surface area contributed by atoms with E-state index >= 15 is 0 Å². The first-order chi connectivity index (χ1) is 22.5. The zero-order valence-electron chi connectivity index (χ0n) is 25.3. The molecule has 0 unspecified atom stereocenters. The predicted octanol–water partition coefficient (Wildman–Crippen LogP) is 7.46. The number of benzene rings is 2. The molecule has 0 bridgehead atoms. The monoisotopic (exact) mass is 730 g/mol. The van der Waals surface area contributed by atoms with Gasteiger partial charge in [-0.15, -0.1) is 43.1 Å². The van der Waals surface area contributed by atoms with Crippen molar-refractivity contribution in [3.05, 3.63) is 127 Å². The fourth-order valence-electron chi connectivity index (χ4n) is 5.49. The molecule has 233 valence electrons. The van der Waals surface area contributed by atoms with E-state index in [0.717, 1.165) is 39.9 Å². The van der Waals surface area contributed by atoms with Crippen LogP contribution in [0.4, 0.5) is 0 Å². The fourth-order valence-corrected chi connectivity index (χ4v) is 8.61. The third kappa shape index (κ3) is 7.02. The molecule has 9 nitrogen and oxygen atoms in total.